The number of amides is 2. The van der Waals surface area contributed by atoms with Crippen molar-refractivity contribution in [1.29, 1.82) is 0 Å². The second-order valence-corrected chi connectivity index (χ2v) is 6.17. The number of carbonyl (C=O) groups excluding carboxylic acids is 1. The number of fused-ring (bicyclic) bond motifs is 1. The van der Waals surface area contributed by atoms with Crippen LogP contribution >= 0.6 is 11.3 Å². The van der Waals surface area contributed by atoms with Crippen LogP contribution in [0.15, 0.2) is 35.7 Å². The quantitative estimate of drug-likeness (QED) is 0.909. The molecule has 0 spiro atoms. The van der Waals surface area contributed by atoms with Crippen LogP contribution < -0.4 is 15.4 Å². The monoisotopic (exact) mass is 302 g/mol. The summed E-state index contributed by atoms with van der Waals surface area (Å²) in [5.41, 5.74) is 2.49. The Hall–Kier alpha value is -2.01. The van der Waals surface area contributed by atoms with Crippen LogP contribution in [0.3, 0.4) is 0 Å². The summed E-state index contributed by atoms with van der Waals surface area (Å²) in [7, 11) is 0. The highest BCUT2D eigenvalue weighted by atomic mass is 32.1. The van der Waals surface area contributed by atoms with Crippen molar-refractivity contribution >= 4 is 22.4 Å². The molecular formula is C16H18N2O2S. The normalized spacial score (nSPS) is 14.1. The maximum Gasteiger partial charge on any atom is 0.320 e. The number of carbonyl (C=O) groups is 1. The number of ether oxygens (including phenoxy) is 1. The third-order valence-electron chi connectivity index (χ3n) is 3.43. The minimum Gasteiger partial charge on any atom is -0.493 e. The lowest BCUT2D eigenvalue weighted by Gasteiger charge is -2.14. The molecule has 21 heavy (non-hydrogen) atoms. The van der Waals surface area contributed by atoms with Gasteiger partial charge in [-0.1, -0.05) is 12.1 Å². The molecule has 1 aliphatic rings. The summed E-state index contributed by atoms with van der Waals surface area (Å²) < 4.78 is 5.50. The maximum absolute atomic E-state index is 11.9. The van der Waals surface area contributed by atoms with Crippen LogP contribution in [0.25, 0.3) is 0 Å². The zero-order valence-electron chi connectivity index (χ0n) is 11.9. The number of hydrogen-bond acceptors (Lipinski definition) is 3. The summed E-state index contributed by atoms with van der Waals surface area (Å²) in [6.45, 7) is 2.79. The van der Waals surface area contributed by atoms with Gasteiger partial charge in [-0.05, 0) is 48.1 Å². The van der Waals surface area contributed by atoms with Gasteiger partial charge in [0.05, 0.1) is 11.6 Å². The third-order valence-corrected chi connectivity index (χ3v) is 4.22. The van der Waals surface area contributed by atoms with Gasteiger partial charge in [-0.2, -0.15) is 0 Å². The summed E-state index contributed by atoms with van der Waals surface area (Å²) in [6.07, 6.45) is 1.79. The average molecular weight is 302 g/mol. The molecule has 0 bridgehead atoms. The lowest BCUT2D eigenvalue weighted by atomic mass is 10.0. The molecule has 1 unspecified atom stereocenters. The van der Waals surface area contributed by atoms with Crippen molar-refractivity contribution in [2.45, 2.75) is 25.8 Å². The Labute approximate surface area is 128 Å². The molecule has 1 aliphatic heterocycles. The van der Waals surface area contributed by atoms with E-state index in [-0.39, 0.29) is 12.1 Å². The SMILES string of the molecule is CC(Cc1ccc2c(c1)CCO2)NC(=O)Nc1cccs1. The molecule has 0 radical (unpaired) electrons. The van der Waals surface area contributed by atoms with Crippen molar-refractivity contribution in [3.05, 3.63) is 46.8 Å². The van der Waals surface area contributed by atoms with Crippen molar-refractivity contribution in [3.63, 3.8) is 0 Å². The zero-order valence-corrected chi connectivity index (χ0v) is 12.7. The molecule has 0 aliphatic carbocycles. The van der Waals surface area contributed by atoms with Gasteiger partial charge >= 0.3 is 6.03 Å². The molecule has 2 N–H and O–H groups in total. The smallest absolute Gasteiger partial charge is 0.320 e. The first kappa shape index (κ1) is 13.9. The fraction of sp³-hybridized carbons (Fsp3) is 0.312. The Morgan fingerprint density at radius 1 is 1.43 bits per heavy atom. The summed E-state index contributed by atoms with van der Waals surface area (Å²) >= 11 is 1.51. The zero-order chi connectivity index (χ0) is 14.7. The molecule has 1 atom stereocenters. The summed E-state index contributed by atoms with van der Waals surface area (Å²) in [5.74, 6) is 0.995. The Morgan fingerprint density at radius 2 is 2.33 bits per heavy atom. The number of hydrogen-bond donors (Lipinski definition) is 2. The molecule has 5 heteroatoms. The largest absolute Gasteiger partial charge is 0.493 e. The van der Waals surface area contributed by atoms with Gasteiger partial charge in [-0.25, -0.2) is 4.79 Å². The van der Waals surface area contributed by atoms with E-state index >= 15 is 0 Å². The second kappa shape index (κ2) is 6.18. The van der Waals surface area contributed by atoms with Crippen molar-refractivity contribution in [3.8, 4) is 5.75 Å². The molecule has 1 aromatic heterocycles. The molecule has 4 nitrogen and oxygen atoms in total. The van der Waals surface area contributed by atoms with Gasteiger partial charge in [0, 0.05) is 12.5 Å². The van der Waals surface area contributed by atoms with Gasteiger partial charge in [-0.3, -0.25) is 5.32 Å². The predicted molar refractivity (Wildman–Crippen MR) is 85.3 cm³/mol. The van der Waals surface area contributed by atoms with Crippen LogP contribution in [-0.2, 0) is 12.8 Å². The molecule has 2 aromatic rings. The van der Waals surface area contributed by atoms with Crippen molar-refractivity contribution in [1.82, 2.24) is 5.32 Å². The molecule has 0 fully saturated rings. The molecular weight excluding hydrogens is 284 g/mol. The number of benzene rings is 1. The first-order valence-electron chi connectivity index (χ1n) is 7.06. The van der Waals surface area contributed by atoms with Gasteiger partial charge in [0.15, 0.2) is 0 Å². The van der Waals surface area contributed by atoms with E-state index in [1.165, 1.54) is 22.5 Å². The Kier molecular flexibility index (Phi) is 4.10. The molecule has 0 saturated carbocycles. The van der Waals surface area contributed by atoms with Gasteiger partial charge in [0.2, 0.25) is 0 Å². The Morgan fingerprint density at radius 3 is 3.14 bits per heavy atom. The Balaban J connectivity index is 1.54. The number of nitrogens with one attached hydrogen (secondary N) is 2. The third kappa shape index (κ3) is 3.55. The number of thiophene rings is 1. The maximum atomic E-state index is 11.9. The van der Waals surface area contributed by atoms with Gasteiger partial charge < -0.3 is 10.1 Å². The second-order valence-electron chi connectivity index (χ2n) is 5.22. The first-order valence-corrected chi connectivity index (χ1v) is 7.94. The number of rotatable bonds is 4. The van der Waals surface area contributed by atoms with E-state index in [0.29, 0.717) is 0 Å². The van der Waals surface area contributed by atoms with E-state index in [2.05, 4.69) is 22.8 Å². The van der Waals surface area contributed by atoms with Gasteiger partial charge in [-0.15, -0.1) is 11.3 Å². The van der Waals surface area contributed by atoms with E-state index in [4.69, 9.17) is 4.74 Å². The van der Waals surface area contributed by atoms with Gasteiger partial charge in [0.25, 0.3) is 0 Å². The standard InChI is InChI=1S/C16H18N2O2S/c1-11(17-16(19)18-15-3-2-8-21-15)9-12-4-5-14-13(10-12)6-7-20-14/h2-5,8,10-11H,6-7,9H2,1H3,(H2,17,18,19). The summed E-state index contributed by atoms with van der Waals surface area (Å²) in [6, 6.07) is 9.98. The molecule has 0 saturated heterocycles. The molecule has 1 aromatic carbocycles. The summed E-state index contributed by atoms with van der Waals surface area (Å²) in [5, 5.41) is 8.58. The topological polar surface area (TPSA) is 50.4 Å². The van der Waals surface area contributed by atoms with E-state index < -0.39 is 0 Å². The predicted octanol–water partition coefficient (Wildman–Crippen LogP) is 3.44. The van der Waals surface area contributed by atoms with Crippen molar-refractivity contribution in [2.24, 2.45) is 0 Å². The average Bonchev–Trinajstić information content (AvgIpc) is 3.08. The molecule has 2 amide bonds. The van der Waals surface area contributed by atoms with E-state index in [9.17, 15) is 4.79 Å². The molecule has 2 heterocycles. The van der Waals surface area contributed by atoms with E-state index in [1.54, 1.807) is 0 Å². The van der Waals surface area contributed by atoms with E-state index in [1.807, 2.05) is 30.5 Å². The molecule has 3 rings (SSSR count). The van der Waals surface area contributed by atoms with Crippen LogP contribution in [0.4, 0.5) is 9.80 Å². The van der Waals surface area contributed by atoms with Gasteiger partial charge in [0.1, 0.15) is 5.75 Å². The first-order chi connectivity index (χ1) is 10.2. The van der Waals surface area contributed by atoms with Crippen LogP contribution in [0.2, 0.25) is 0 Å². The van der Waals surface area contributed by atoms with Crippen molar-refractivity contribution in [2.75, 3.05) is 11.9 Å². The highest BCUT2D eigenvalue weighted by molar-refractivity contribution is 7.14. The highest BCUT2D eigenvalue weighted by Crippen LogP contribution is 2.26. The summed E-state index contributed by atoms with van der Waals surface area (Å²) in [4.78, 5) is 11.9. The van der Waals surface area contributed by atoms with Crippen LogP contribution in [0, 0.1) is 0 Å². The molecule has 110 valence electrons. The lowest BCUT2D eigenvalue weighted by Crippen LogP contribution is -2.37. The highest BCUT2D eigenvalue weighted by Gasteiger charge is 2.14. The number of urea groups is 1. The number of anilines is 1. The minimum atomic E-state index is -0.158. The minimum absolute atomic E-state index is 0.0744. The van der Waals surface area contributed by atoms with Crippen molar-refractivity contribution < 1.29 is 9.53 Å². The van der Waals surface area contributed by atoms with Crippen LogP contribution in [0.5, 0.6) is 5.75 Å². The lowest BCUT2D eigenvalue weighted by molar-refractivity contribution is 0.249. The van der Waals surface area contributed by atoms with Crippen LogP contribution in [0.1, 0.15) is 18.1 Å². The Bertz CT molecular complexity index is 625. The fourth-order valence-electron chi connectivity index (χ4n) is 2.49. The fourth-order valence-corrected chi connectivity index (χ4v) is 3.11. The van der Waals surface area contributed by atoms with E-state index in [0.717, 1.165) is 30.2 Å². The van der Waals surface area contributed by atoms with Crippen LogP contribution in [-0.4, -0.2) is 18.7 Å².